The first-order valence-electron chi connectivity index (χ1n) is 6.28. The number of benzene rings is 1. The molecule has 19 heavy (non-hydrogen) atoms. The first-order valence-corrected chi connectivity index (χ1v) is 6.66. The molecule has 1 aromatic heterocycles. The quantitative estimate of drug-likeness (QED) is 0.889. The zero-order chi connectivity index (χ0) is 13.7. The fourth-order valence-corrected chi connectivity index (χ4v) is 2.12. The number of hydrogen-bond acceptors (Lipinski definition) is 3. The van der Waals surface area contributed by atoms with E-state index in [1.807, 2.05) is 19.2 Å². The summed E-state index contributed by atoms with van der Waals surface area (Å²) >= 11 is 5.86. The van der Waals surface area contributed by atoms with E-state index < -0.39 is 0 Å². The van der Waals surface area contributed by atoms with Crippen molar-refractivity contribution in [3.8, 4) is 11.5 Å². The molecule has 1 aromatic carbocycles. The maximum absolute atomic E-state index is 5.86. The first-order chi connectivity index (χ1) is 9.22. The van der Waals surface area contributed by atoms with Crippen LogP contribution in [0.25, 0.3) is 0 Å². The van der Waals surface area contributed by atoms with Crippen LogP contribution in [0.2, 0.25) is 5.02 Å². The molecule has 0 radical (unpaired) electrons. The van der Waals surface area contributed by atoms with E-state index >= 15 is 0 Å². The number of nitrogens with one attached hydrogen (secondary N) is 1. The van der Waals surface area contributed by atoms with Gasteiger partial charge in [-0.2, -0.15) is 0 Å². The Hall–Kier alpha value is -1.58. The minimum absolute atomic E-state index is 0.377. The molecule has 2 rings (SSSR count). The van der Waals surface area contributed by atoms with E-state index in [1.165, 1.54) is 5.56 Å². The maximum Gasteiger partial charge on any atom is 0.147 e. The average molecular weight is 277 g/mol. The summed E-state index contributed by atoms with van der Waals surface area (Å²) in [5.41, 5.74) is 1.25. The molecule has 0 fully saturated rings. The van der Waals surface area contributed by atoms with Crippen LogP contribution in [0.5, 0.6) is 11.5 Å². The predicted molar refractivity (Wildman–Crippen MR) is 77.9 cm³/mol. The van der Waals surface area contributed by atoms with Crippen molar-refractivity contribution in [2.45, 2.75) is 19.4 Å². The van der Waals surface area contributed by atoms with Crippen LogP contribution in [-0.4, -0.2) is 12.0 Å². The van der Waals surface area contributed by atoms with Gasteiger partial charge in [-0.1, -0.05) is 30.7 Å². The van der Waals surface area contributed by atoms with Gasteiger partial charge in [-0.15, -0.1) is 0 Å². The van der Waals surface area contributed by atoms with Crippen molar-refractivity contribution in [3.05, 3.63) is 53.3 Å². The summed E-state index contributed by atoms with van der Waals surface area (Å²) in [5, 5.41) is 3.84. The summed E-state index contributed by atoms with van der Waals surface area (Å²) in [6.07, 6.45) is 4.27. The third-order valence-electron chi connectivity index (χ3n) is 2.95. The normalized spacial score (nSPS) is 12.2. The van der Waals surface area contributed by atoms with Gasteiger partial charge in [0, 0.05) is 18.3 Å². The second-order valence-corrected chi connectivity index (χ2v) is 4.70. The van der Waals surface area contributed by atoms with Crippen molar-refractivity contribution >= 4 is 11.6 Å². The third-order valence-corrected chi connectivity index (χ3v) is 3.16. The number of hydrogen-bond donors (Lipinski definition) is 1. The molecule has 4 heteroatoms. The summed E-state index contributed by atoms with van der Waals surface area (Å²) in [7, 11) is 1.97. The van der Waals surface area contributed by atoms with Crippen LogP contribution in [0.4, 0.5) is 0 Å². The van der Waals surface area contributed by atoms with Gasteiger partial charge >= 0.3 is 0 Å². The monoisotopic (exact) mass is 276 g/mol. The van der Waals surface area contributed by atoms with Gasteiger partial charge in [0.25, 0.3) is 0 Å². The summed E-state index contributed by atoms with van der Waals surface area (Å²) < 4.78 is 5.69. The second kappa shape index (κ2) is 6.55. The molecule has 0 bridgehead atoms. The van der Waals surface area contributed by atoms with Crippen LogP contribution >= 0.6 is 11.6 Å². The average Bonchev–Trinajstić information content (AvgIpc) is 2.42. The fraction of sp³-hybridized carbons (Fsp3) is 0.267. The third kappa shape index (κ3) is 3.69. The lowest BCUT2D eigenvalue weighted by molar-refractivity contribution is 0.479. The van der Waals surface area contributed by atoms with Crippen LogP contribution < -0.4 is 10.1 Å². The molecule has 100 valence electrons. The molecule has 0 aliphatic heterocycles. The van der Waals surface area contributed by atoms with Crippen LogP contribution in [0.3, 0.4) is 0 Å². The molecule has 0 saturated carbocycles. The van der Waals surface area contributed by atoms with E-state index in [4.69, 9.17) is 16.3 Å². The van der Waals surface area contributed by atoms with Crippen molar-refractivity contribution in [1.29, 1.82) is 0 Å². The molecule has 2 aromatic rings. The highest BCUT2D eigenvalue weighted by Crippen LogP contribution is 2.25. The molecule has 0 amide bonds. The Morgan fingerprint density at radius 3 is 2.53 bits per heavy atom. The lowest BCUT2D eigenvalue weighted by Gasteiger charge is -2.14. The molecular weight excluding hydrogens is 260 g/mol. The van der Waals surface area contributed by atoms with E-state index in [9.17, 15) is 0 Å². The van der Waals surface area contributed by atoms with Crippen LogP contribution in [-0.2, 0) is 0 Å². The van der Waals surface area contributed by atoms with Crippen molar-refractivity contribution in [3.63, 3.8) is 0 Å². The summed E-state index contributed by atoms with van der Waals surface area (Å²) in [6.45, 7) is 2.16. The van der Waals surface area contributed by atoms with Gasteiger partial charge in [0.15, 0.2) is 0 Å². The molecule has 1 atom stereocenters. The molecule has 1 unspecified atom stereocenters. The number of halogens is 1. The summed E-state index contributed by atoms with van der Waals surface area (Å²) in [5.74, 6) is 1.42. The molecule has 0 saturated heterocycles. The Balaban J connectivity index is 2.10. The minimum Gasteiger partial charge on any atom is -0.456 e. The molecule has 3 nitrogen and oxygen atoms in total. The predicted octanol–water partition coefficient (Wildman–Crippen LogP) is 4.20. The number of aromatic nitrogens is 1. The van der Waals surface area contributed by atoms with E-state index in [0.29, 0.717) is 16.8 Å². The van der Waals surface area contributed by atoms with Gasteiger partial charge in [-0.25, -0.2) is 0 Å². The number of nitrogens with zero attached hydrogens (tertiary/aromatic N) is 1. The minimum atomic E-state index is 0.377. The Bertz CT molecular complexity index is 524. The topological polar surface area (TPSA) is 34.1 Å². The Labute approximate surface area is 118 Å². The van der Waals surface area contributed by atoms with E-state index in [0.717, 1.165) is 12.2 Å². The zero-order valence-corrected chi connectivity index (χ0v) is 11.8. The number of rotatable bonds is 5. The molecular formula is C15H17ClN2O. The fourth-order valence-electron chi connectivity index (χ4n) is 1.96. The van der Waals surface area contributed by atoms with E-state index in [1.54, 1.807) is 18.5 Å². The van der Waals surface area contributed by atoms with Crippen LogP contribution in [0, 0.1) is 0 Å². The molecule has 0 aliphatic rings. The molecule has 1 N–H and O–H groups in total. The van der Waals surface area contributed by atoms with Crippen molar-refractivity contribution in [1.82, 2.24) is 10.3 Å². The number of ether oxygens (including phenoxy) is 1. The standard InChI is InChI=1S/C15H17ClN2O/c1-3-15(17-2)11-4-6-13(7-5-11)19-14-8-12(16)9-18-10-14/h4-10,15,17H,3H2,1-2H3. The zero-order valence-electron chi connectivity index (χ0n) is 11.1. The van der Waals surface area contributed by atoms with Gasteiger partial charge in [0.1, 0.15) is 11.5 Å². The highest BCUT2D eigenvalue weighted by atomic mass is 35.5. The second-order valence-electron chi connectivity index (χ2n) is 4.26. The van der Waals surface area contributed by atoms with Gasteiger partial charge in [-0.05, 0) is 31.2 Å². The first kappa shape index (κ1) is 13.8. The lowest BCUT2D eigenvalue weighted by Crippen LogP contribution is -2.14. The van der Waals surface area contributed by atoms with Crippen LogP contribution in [0.1, 0.15) is 24.9 Å². The Morgan fingerprint density at radius 2 is 1.95 bits per heavy atom. The van der Waals surface area contributed by atoms with Crippen molar-refractivity contribution in [2.24, 2.45) is 0 Å². The Kier molecular flexibility index (Phi) is 4.77. The van der Waals surface area contributed by atoms with Crippen molar-refractivity contribution < 1.29 is 4.74 Å². The Morgan fingerprint density at radius 1 is 1.21 bits per heavy atom. The molecule has 0 aliphatic carbocycles. The summed E-state index contributed by atoms with van der Waals surface area (Å²) in [4.78, 5) is 3.99. The number of pyridine rings is 1. The van der Waals surface area contributed by atoms with Crippen molar-refractivity contribution in [2.75, 3.05) is 7.05 Å². The maximum atomic E-state index is 5.86. The van der Waals surface area contributed by atoms with Gasteiger partial charge in [0.2, 0.25) is 0 Å². The van der Waals surface area contributed by atoms with E-state index in [-0.39, 0.29) is 0 Å². The SMILES string of the molecule is CCC(NC)c1ccc(Oc2cncc(Cl)c2)cc1. The van der Waals surface area contributed by atoms with E-state index in [2.05, 4.69) is 29.4 Å². The van der Waals surface area contributed by atoms with Gasteiger partial charge < -0.3 is 10.1 Å². The molecule has 1 heterocycles. The van der Waals surface area contributed by atoms with Gasteiger partial charge in [0.05, 0.1) is 11.2 Å². The lowest BCUT2D eigenvalue weighted by atomic mass is 10.0. The smallest absolute Gasteiger partial charge is 0.147 e. The van der Waals surface area contributed by atoms with Gasteiger partial charge in [-0.3, -0.25) is 4.98 Å². The summed E-state index contributed by atoms with van der Waals surface area (Å²) in [6, 6.07) is 10.2. The van der Waals surface area contributed by atoms with Crippen LogP contribution in [0.15, 0.2) is 42.7 Å². The highest BCUT2D eigenvalue weighted by molar-refractivity contribution is 6.30. The highest BCUT2D eigenvalue weighted by Gasteiger charge is 2.06. The molecule has 0 spiro atoms. The largest absolute Gasteiger partial charge is 0.456 e.